The summed E-state index contributed by atoms with van der Waals surface area (Å²) < 4.78 is 11.3. The van der Waals surface area contributed by atoms with Gasteiger partial charge in [-0.3, -0.25) is 4.79 Å². The molecule has 0 saturated carbocycles. The smallest absolute Gasteiger partial charge is 0.277 e. The van der Waals surface area contributed by atoms with Crippen molar-refractivity contribution in [3.63, 3.8) is 0 Å². The number of aryl methyl sites for hydroxylation is 1. The summed E-state index contributed by atoms with van der Waals surface area (Å²) in [7, 11) is 1.82. The number of nitrogens with zero attached hydrogens (tertiary/aromatic N) is 3. The van der Waals surface area contributed by atoms with Crippen LogP contribution in [-0.2, 0) is 11.4 Å². The number of aromatic nitrogens is 2. The van der Waals surface area contributed by atoms with Gasteiger partial charge in [0.15, 0.2) is 6.61 Å². The minimum atomic E-state index is -0.179. The van der Waals surface area contributed by atoms with E-state index in [1.165, 1.54) is 11.8 Å². The third-order valence-electron chi connectivity index (χ3n) is 5.13. The highest BCUT2D eigenvalue weighted by atomic mass is 32.2. The Kier molecular flexibility index (Phi) is 7.42. The van der Waals surface area contributed by atoms with Crippen LogP contribution < -0.4 is 4.74 Å². The fraction of sp³-hybridized carbons (Fsp3) is 0.192. The summed E-state index contributed by atoms with van der Waals surface area (Å²) in [4.78, 5) is 14.8. The molecule has 0 saturated heterocycles. The van der Waals surface area contributed by atoms with Crippen LogP contribution in [0.3, 0.4) is 0 Å². The Morgan fingerprint density at radius 1 is 0.970 bits per heavy atom. The Morgan fingerprint density at radius 3 is 2.27 bits per heavy atom. The molecule has 0 aliphatic carbocycles. The van der Waals surface area contributed by atoms with Crippen LogP contribution in [0.4, 0.5) is 0 Å². The second-order valence-electron chi connectivity index (χ2n) is 7.58. The van der Waals surface area contributed by atoms with Gasteiger partial charge in [0.25, 0.3) is 11.1 Å². The molecule has 1 aromatic heterocycles. The van der Waals surface area contributed by atoms with Gasteiger partial charge in [-0.15, -0.1) is 10.2 Å². The van der Waals surface area contributed by atoms with E-state index in [-0.39, 0.29) is 24.3 Å². The average molecular weight is 460 g/mol. The first-order chi connectivity index (χ1) is 16.1. The van der Waals surface area contributed by atoms with Crippen LogP contribution in [0, 0.1) is 6.92 Å². The van der Waals surface area contributed by atoms with E-state index in [2.05, 4.69) is 10.2 Å². The molecule has 0 aliphatic heterocycles. The molecule has 3 aromatic carbocycles. The second-order valence-corrected chi connectivity index (χ2v) is 8.51. The van der Waals surface area contributed by atoms with Crippen LogP contribution in [0.5, 0.6) is 5.75 Å². The van der Waals surface area contributed by atoms with Crippen molar-refractivity contribution in [1.82, 2.24) is 15.1 Å². The Morgan fingerprint density at radius 2 is 1.64 bits per heavy atom. The lowest BCUT2D eigenvalue weighted by atomic mass is 9.97. The second kappa shape index (κ2) is 10.8. The minimum Gasteiger partial charge on any atom is -0.484 e. The molecule has 4 aromatic rings. The van der Waals surface area contributed by atoms with Crippen molar-refractivity contribution in [2.75, 3.05) is 12.8 Å². The van der Waals surface area contributed by atoms with Gasteiger partial charge in [0.1, 0.15) is 5.75 Å². The normalized spacial score (nSPS) is 10.9. The lowest BCUT2D eigenvalue weighted by molar-refractivity contribution is -0.128. The number of carbonyl (C=O) groups excluding carboxylic acids is 1. The lowest BCUT2D eigenvalue weighted by Crippen LogP contribution is -2.33. The first-order valence-corrected chi connectivity index (χ1v) is 11.6. The van der Waals surface area contributed by atoms with Gasteiger partial charge in [-0.2, -0.15) is 0 Å². The molecule has 1 amide bonds. The maximum Gasteiger partial charge on any atom is 0.277 e. The molecular weight excluding hydrogens is 434 g/mol. The Bertz CT molecular complexity index is 1140. The van der Waals surface area contributed by atoms with E-state index in [0.29, 0.717) is 11.1 Å². The van der Waals surface area contributed by atoms with Crippen LogP contribution in [-0.4, -0.2) is 33.8 Å². The van der Waals surface area contributed by atoms with Gasteiger partial charge < -0.3 is 14.1 Å². The third-order valence-corrected chi connectivity index (χ3v) is 5.93. The van der Waals surface area contributed by atoms with Crippen molar-refractivity contribution in [1.29, 1.82) is 0 Å². The van der Waals surface area contributed by atoms with E-state index in [9.17, 15) is 4.79 Å². The number of amides is 1. The topological polar surface area (TPSA) is 68.5 Å². The van der Waals surface area contributed by atoms with Gasteiger partial charge in [-0.25, -0.2) is 0 Å². The van der Waals surface area contributed by atoms with Crippen molar-refractivity contribution in [2.24, 2.45) is 0 Å². The van der Waals surface area contributed by atoms with E-state index in [1.54, 1.807) is 4.90 Å². The van der Waals surface area contributed by atoms with Gasteiger partial charge >= 0.3 is 0 Å². The summed E-state index contributed by atoms with van der Waals surface area (Å²) >= 11 is 1.22. The fourth-order valence-electron chi connectivity index (χ4n) is 3.48. The summed E-state index contributed by atoms with van der Waals surface area (Å²) in [6.45, 7) is 2.18. The van der Waals surface area contributed by atoms with Gasteiger partial charge in [-0.1, -0.05) is 84.6 Å². The van der Waals surface area contributed by atoms with Gasteiger partial charge in [0.2, 0.25) is 5.91 Å². The molecule has 33 heavy (non-hydrogen) atoms. The molecule has 168 valence electrons. The van der Waals surface area contributed by atoms with Gasteiger partial charge in [0, 0.05) is 7.05 Å². The molecular formula is C26H25N3O3S. The van der Waals surface area contributed by atoms with E-state index in [1.807, 2.05) is 98.9 Å². The molecule has 1 heterocycles. The first kappa shape index (κ1) is 22.6. The molecule has 6 nitrogen and oxygen atoms in total. The number of rotatable bonds is 9. The summed E-state index contributed by atoms with van der Waals surface area (Å²) in [5.74, 6) is 1.26. The molecule has 0 spiro atoms. The molecule has 0 N–H and O–H groups in total. The van der Waals surface area contributed by atoms with Gasteiger partial charge in [-0.05, 0) is 35.7 Å². The summed E-state index contributed by atoms with van der Waals surface area (Å²) in [6, 6.07) is 27.6. The Balaban J connectivity index is 1.37. The van der Waals surface area contributed by atoms with Crippen LogP contribution in [0.15, 0.2) is 94.6 Å². The number of hydrogen-bond donors (Lipinski definition) is 0. The zero-order chi connectivity index (χ0) is 23.0. The minimum absolute atomic E-state index is 0.0338. The highest BCUT2D eigenvalue weighted by molar-refractivity contribution is 7.99. The predicted molar refractivity (Wildman–Crippen MR) is 128 cm³/mol. The predicted octanol–water partition coefficient (Wildman–Crippen LogP) is 5.30. The number of thioether (sulfide) groups is 1. The quantitative estimate of drug-likeness (QED) is 0.317. The molecule has 0 atom stereocenters. The van der Waals surface area contributed by atoms with E-state index in [4.69, 9.17) is 9.15 Å². The molecule has 0 bridgehead atoms. The van der Waals surface area contributed by atoms with E-state index < -0.39 is 0 Å². The van der Waals surface area contributed by atoms with Crippen molar-refractivity contribution in [3.05, 3.63) is 108 Å². The SMILES string of the molecule is Cc1cccc(OCc2nnc(SCC(=O)N(C)C(c3ccccc3)c3ccccc3)o2)c1. The fourth-order valence-corrected chi connectivity index (χ4v) is 4.19. The van der Waals surface area contributed by atoms with E-state index >= 15 is 0 Å². The van der Waals surface area contributed by atoms with Crippen molar-refractivity contribution >= 4 is 17.7 Å². The number of hydrogen-bond acceptors (Lipinski definition) is 6. The standard InChI is InChI=1S/C26H25N3O3S/c1-19-10-9-15-22(16-19)31-17-23-27-28-26(32-23)33-18-24(30)29(2)25(20-11-5-3-6-12-20)21-13-7-4-8-14-21/h3-16,25H,17-18H2,1-2H3. The molecule has 0 fully saturated rings. The first-order valence-electron chi connectivity index (χ1n) is 10.6. The number of ether oxygens (including phenoxy) is 1. The van der Waals surface area contributed by atoms with E-state index in [0.717, 1.165) is 22.4 Å². The molecule has 0 aliphatic rings. The van der Waals surface area contributed by atoms with Crippen molar-refractivity contribution < 1.29 is 13.9 Å². The van der Waals surface area contributed by atoms with Crippen molar-refractivity contribution in [2.45, 2.75) is 24.8 Å². The van der Waals surface area contributed by atoms with Gasteiger partial charge in [0.05, 0.1) is 11.8 Å². The van der Waals surface area contributed by atoms with Crippen LogP contribution >= 0.6 is 11.8 Å². The summed E-state index contributed by atoms with van der Waals surface area (Å²) in [5, 5.41) is 8.40. The lowest BCUT2D eigenvalue weighted by Gasteiger charge is -2.29. The highest BCUT2D eigenvalue weighted by Crippen LogP contribution is 2.28. The monoisotopic (exact) mass is 459 g/mol. The van der Waals surface area contributed by atoms with Crippen LogP contribution in [0.2, 0.25) is 0 Å². The number of benzene rings is 3. The Hall–Kier alpha value is -3.58. The molecule has 0 radical (unpaired) electrons. The number of carbonyl (C=O) groups is 1. The van der Waals surface area contributed by atoms with Crippen LogP contribution in [0.1, 0.15) is 28.6 Å². The largest absolute Gasteiger partial charge is 0.484 e. The van der Waals surface area contributed by atoms with Crippen LogP contribution in [0.25, 0.3) is 0 Å². The van der Waals surface area contributed by atoms with Crippen molar-refractivity contribution in [3.8, 4) is 5.75 Å². The zero-order valence-electron chi connectivity index (χ0n) is 18.5. The Labute approximate surface area is 197 Å². The highest BCUT2D eigenvalue weighted by Gasteiger charge is 2.24. The maximum absolute atomic E-state index is 13.0. The summed E-state index contributed by atoms with van der Waals surface area (Å²) in [5.41, 5.74) is 3.22. The molecule has 0 unspecified atom stereocenters. The molecule has 4 rings (SSSR count). The maximum atomic E-state index is 13.0. The third kappa shape index (κ3) is 6.02. The average Bonchev–Trinajstić information content (AvgIpc) is 3.31. The summed E-state index contributed by atoms with van der Waals surface area (Å²) in [6.07, 6.45) is 0. The zero-order valence-corrected chi connectivity index (χ0v) is 19.4. The molecule has 7 heteroatoms.